The highest BCUT2D eigenvalue weighted by atomic mass is 19.1. The summed E-state index contributed by atoms with van der Waals surface area (Å²) in [5, 5.41) is 13.6. The van der Waals surface area contributed by atoms with Crippen molar-refractivity contribution in [1.29, 1.82) is 0 Å². The second kappa shape index (κ2) is 9.91. The molecule has 212 valence electrons. The number of hydrogen-bond donors (Lipinski definition) is 2. The molecule has 0 unspecified atom stereocenters. The molecule has 3 aromatic rings. The summed E-state index contributed by atoms with van der Waals surface area (Å²) in [5.74, 6) is -5.36. The molecule has 2 N–H and O–H groups in total. The lowest BCUT2D eigenvalue weighted by molar-refractivity contribution is 0.0485. The molecular formula is C30H26F3N3O5. The average Bonchev–Trinajstić information content (AvgIpc) is 3.11. The van der Waals surface area contributed by atoms with Gasteiger partial charge in [-0.3, -0.25) is 14.4 Å². The third-order valence-electron chi connectivity index (χ3n) is 8.05. The zero-order valence-electron chi connectivity index (χ0n) is 22.0. The van der Waals surface area contributed by atoms with Gasteiger partial charge in [-0.1, -0.05) is 42.5 Å². The molecule has 2 bridgehead atoms. The van der Waals surface area contributed by atoms with Gasteiger partial charge in [-0.15, -0.1) is 0 Å². The van der Waals surface area contributed by atoms with Crippen LogP contribution in [0.15, 0.2) is 59.4 Å². The predicted molar refractivity (Wildman–Crippen MR) is 141 cm³/mol. The minimum atomic E-state index is -1.28. The first-order valence-corrected chi connectivity index (χ1v) is 13.2. The van der Waals surface area contributed by atoms with Gasteiger partial charge in [0.2, 0.25) is 5.43 Å². The van der Waals surface area contributed by atoms with E-state index in [-0.39, 0.29) is 42.8 Å². The normalized spacial score (nSPS) is 22.4. The fraction of sp³-hybridized carbons (Fsp3) is 0.300. The third-order valence-corrected chi connectivity index (χ3v) is 8.05. The maximum absolute atomic E-state index is 14.3. The molecule has 8 nitrogen and oxygen atoms in total. The molecule has 3 aliphatic rings. The van der Waals surface area contributed by atoms with E-state index >= 15 is 0 Å². The summed E-state index contributed by atoms with van der Waals surface area (Å²) in [4.78, 5) is 43.0. The van der Waals surface area contributed by atoms with Crippen LogP contribution in [0, 0.1) is 17.5 Å². The molecule has 3 atom stereocenters. The molecule has 0 radical (unpaired) electrons. The average molecular weight is 566 g/mol. The highest BCUT2D eigenvalue weighted by molar-refractivity contribution is 6.01. The maximum Gasteiger partial charge on any atom is 0.275 e. The Labute approximate surface area is 232 Å². The number of nitrogens with one attached hydrogen (secondary N) is 1. The Bertz CT molecular complexity index is 1650. The van der Waals surface area contributed by atoms with Crippen LogP contribution >= 0.6 is 0 Å². The first-order chi connectivity index (χ1) is 19.6. The summed E-state index contributed by atoms with van der Waals surface area (Å²) in [7, 11) is 0. The van der Waals surface area contributed by atoms with Gasteiger partial charge in [0.1, 0.15) is 29.6 Å². The summed E-state index contributed by atoms with van der Waals surface area (Å²) >= 11 is 0. The van der Waals surface area contributed by atoms with Gasteiger partial charge in [0.25, 0.3) is 11.8 Å². The minimum Gasteiger partial charge on any atom is -0.483 e. The van der Waals surface area contributed by atoms with Gasteiger partial charge in [-0.05, 0) is 18.9 Å². The number of aliphatic hydroxyl groups is 1. The van der Waals surface area contributed by atoms with Crippen LogP contribution in [0.2, 0.25) is 0 Å². The van der Waals surface area contributed by atoms with Crippen LogP contribution in [0.3, 0.4) is 0 Å². The van der Waals surface area contributed by atoms with E-state index in [9.17, 15) is 32.7 Å². The van der Waals surface area contributed by atoms with Gasteiger partial charge in [0.15, 0.2) is 11.4 Å². The highest BCUT2D eigenvalue weighted by Crippen LogP contribution is 2.49. The Hall–Kier alpha value is -4.38. The summed E-state index contributed by atoms with van der Waals surface area (Å²) in [6.45, 7) is 1.33. The fourth-order valence-electron chi connectivity index (χ4n) is 6.12. The Kier molecular flexibility index (Phi) is 6.49. The molecule has 0 aliphatic carbocycles. The lowest BCUT2D eigenvalue weighted by atomic mass is 9.89. The topological polar surface area (TPSA) is 101 Å². The van der Waals surface area contributed by atoms with E-state index in [1.807, 2.05) is 25.1 Å². The Morgan fingerprint density at radius 1 is 1.15 bits per heavy atom. The van der Waals surface area contributed by atoms with E-state index in [0.29, 0.717) is 24.1 Å². The molecule has 2 amide bonds. The number of amides is 2. The quantitative estimate of drug-likeness (QED) is 0.444. The first kappa shape index (κ1) is 26.8. The van der Waals surface area contributed by atoms with Crippen LogP contribution in [-0.2, 0) is 18.7 Å². The molecule has 6 rings (SSSR count). The van der Waals surface area contributed by atoms with Crippen molar-refractivity contribution < 1.29 is 32.6 Å². The minimum absolute atomic E-state index is 0.0496. The predicted octanol–water partition coefficient (Wildman–Crippen LogP) is 3.71. The van der Waals surface area contributed by atoms with Gasteiger partial charge >= 0.3 is 0 Å². The number of benzene rings is 2. The third kappa shape index (κ3) is 4.31. The van der Waals surface area contributed by atoms with Crippen LogP contribution < -0.4 is 15.5 Å². The van der Waals surface area contributed by atoms with Gasteiger partial charge in [0.05, 0.1) is 17.3 Å². The lowest BCUT2D eigenvalue weighted by Crippen LogP contribution is -2.55. The van der Waals surface area contributed by atoms with Crippen molar-refractivity contribution in [1.82, 2.24) is 14.8 Å². The Morgan fingerprint density at radius 2 is 1.85 bits per heavy atom. The molecule has 1 spiro atoms. The summed E-state index contributed by atoms with van der Waals surface area (Å²) < 4.78 is 49.4. The monoisotopic (exact) mass is 565 g/mol. The highest BCUT2D eigenvalue weighted by Gasteiger charge is 2.54. The molecule has 2 aromatic carbocycles. The number of nitrogens with zero attached hydrogens (tertiary/aromatic N) is 2. The summed E-state index contributed by atoms with van der Waals surface area (Å²) in [6.07, 6.45) is 3.07. The van der Waals surface area contributed by atoms with Crippen LogP contribution in [-0.4, -0.2) is 39.0 Å². The second-order valence-corrected chi connectivity index (χ2v) is 10.7. The number of ether oxygens (including phenoxy) is 1. The number of halogens is 3. The molecule has 0 saturated heterocycles. The van der Waals surface area contributed by atoms with Gasteiger partial charge in [0, 0.05) is 43.2 Å². The van der Waals surface area contributed by atoms with Crippen molar-refractivity contribution in [3.8, 4) is 5.75 Å². The van der Waals surface area contributed by atoms with Crippen LogP contribution in [0.25, 0.3) is 0 Å². The van der Waals surface area contributed by atoms with E-state index in [2.05, 4.69) is 5.32 Å². The molecule has 0 fully saturated rings. The molecule has 4 heterocycles. The number of pyridine rings is 1. The van der Waals surface area contributed by atoms with E-state index in [1.165, 1.54) is 0 Å². The molecule has 41 heavy (non-hydrogen) atoms. The number of aliphatic hydroxyl groups excluding tert-OH is 1. The smallest absolute Gasteiger partial charge is 0.275 e. The zero-order chi connectivity index (χ0) is 29.1. The Morgan fingerprint density at radius 3 is 2.56 bits per heavy atom. The van der Waals surface area contributed by atoms with E-state index in [0.717, 1.165) is 0 Å². The number of rotatable bonds is 6. The summed E-state index contributed by atoms with van der Waals surface area (Å²) in [6, 6.07) is 9.63. The van der Waals surface area contributed by atoms with Crippen molar-refractivity contribution in [3.63, 3.8) is 0 Å². The number of allylic oxidation sites excluding steroid dienone is 1. The van der Waals surface area contributed by atoms with E-state index < -0.39 is 64.0 Å². The molecule has 0 saturated carbocycles. The molecule has 1 aromatic heterocycles. The number of hydrogen-bond acceptors (Lipinski definition) is 5. The zero-order valence-corrected chi connectivity index (χ0v) is 22.0. The molecule has 11 heteroatoms. The molecular weight excluding hydrogens is 539 g/mol. The number of carbonyl (C=O) groups is 2. The SMILES string of the molecule is C[C@H]1C=CC[C@]23C[C@@H](O)c4c(C(=O)NCc5c(F)cc(F)cc5F)c(=O)c(OCc5ccccc5)c(n42)C(=O)N1C3. The van der Waals surface area contributed by atoms with Crippen LogP contribution in [0.4, 0.5) is 13.2 Å². The van der Waals surface area contributed by atoms with Crippen molar-refractivity contribution >= 4 is 11.8 Å². The standard InChI is InChI=1S/C30H26F3N3O5/c1-16-6-5-9-30-12-22(37)24-23(28(39)34-13-19-20(32)10-18(31)11-21(19)33)26(38)27(41-14-17-7-3-2-4-8-17)25(36(24)30)29(40)35(16)15-30/h2-8,10-11,16,22,37H,9,12-15H2,1H3,(H,34,39)/t16-,22+,30+/m0/s1. The second-order valence-electron chi connectivity index (χ2n) is 10.7. The van der Waals surface area contributed by atoms with Gasteiger partial charge in [-0.25, -0.2) is 13.2 Å². The Balaban J connectivity index is 1.49. The molecule has 3 aliphatic heterocycles. The first-order valence-electron chi connectivity index (χ1n) is 13.2. The van der Waals surface area contributed by atoms with Gasteiger partial charge < -0.3 is 24.6 Å². The fourth-order valence-corrected chi connectivity index (χ4v) is 6.12. The lowest BCUT2D eigenvalue weighted by Gasteiger charge is -2.43. The van der Waals surface area contributed by atoms with E-state index in [4.69, 9.17) is 4.74 Å². The number of aromatic nitrogens is 1. The van der Waals surface area contributed by atoms with Crippen molar-refractivity contribution in [3.05, 3.63) is 110 Å². The summed E-state index contributed by atoms with van der Waals surface area (Å²) in [5.41, 5.74) is -2.24. The van der Waals surface area contributed by atoms with Gasteiger partial charge in [-0.2, -0.15) is 0 Å². The number of fused-ring (bicyclic) bond motifs is 1. The van der Waals surface area contributed by atoms with Crippen molar-refractivity contribution in [2.45, 2.75) is 50.6 Å². The van der Waals surface area contributed by atoms with Crippen LogP contribution in [0.1, 0.15) is 63.5 Å². The number of carbonyl (C=O) groups excluding carboxylic acids is 2. The van der Waals surface area contributed by atoms with Crippen LogP contribution in [0.5, 0.6) is 5.75 Å². The largest absolute Gasteiger partial charge is 0.483 e. The van der Waals surface area contributed by atoms with Crippen molar-refractivity contribution in [2.75, 3.05) is 6.54 Å². The van der Waals surface area contributed by atoms with E-state index in [1.54, 1.807) is 33.7 Å². The van der Waals surface area contributed by atoms with Crippen molar-refractivity contribution in [2.24, 2.45) is 0 Å². The maximum atomic E-state index is 14.3.